The number of aryl methyl sites for hydroxylation is 1. The molecule has 0 spiro atoms. The number of fused-ring (bicyclic) bond motifs is 1. The number of carbonyl (C=O) groups is 1. The lowest BCUT2D eigenvalue weighted by Gasteiger charge is -2.16. The number of nitrogens with one attached hydrogen (secondary N) is 2. The molecule has 0 saturated carbocycles. The van der Waals surface area contributed by atoms with E-state index >= 15 is 0 Å². The van der Waals surface area contributed by atoms with Gasteiger partial charge >= 0.3 is 0 Å². The lowest BCUT2D eigenvalue weighted by atomic mass is 10.2. The first kappa shape index (κ1) is 20.9. The van der Waals surface area contributed by atoms with E-state index in [0.29, 0.717) is 6.54 Å². The van der Waals surface area contributed by atoms with Gasteiger partial charge in [0.15, 0.2) is 6.54 Å². The molecule has 0 radical (unpaired) electrons. The summed E-state index contributed by atoms with van der Waals surface area (Å²) >= 11 is 0. The predicted molar refractivity (Wildman–Crippen MR) is 121 cm³/mol. The van der Waals surface area contributed by atoms with E-state index in [1.54, 1.807) is 0 Å². The minimum absolute atomic E-state index is 0.00351. The number of rotatable bonds is 7. The average molecular weight is 418 g/mol. The van der Waals surface area contributed by atoms with E-state index in [2.05, 4.69) is 12.2 Å². The van der Waals surface area contributed by atoms with E-state index in [1.807, 2.05) is 86.2 Å². The smallest absolute Gasteiger partial charge is 0.275 e. The number of amides is 1. The van der Waals surface area contributed by atoms with Crippen LogP contribution in [0.4, 0.5) is 0 Å². The van der Waals surface area contributed by atoms with Gasteiger partial charge in [0.1, 0.15) is 17.9 Å². The maximum atomic E-state index is 12.6. The van der Waals surface area contributed by atoms with Gasteiger partial charge in [0.2, 0.25) is 0 Å². The lowest BCUT2D eigenvalue weighted by Crippen LogP contribution is -3.09. The quantitative estimate of drug-likeness (QED) is 0.486. The molecule has 0 fully saturated rings. The number of quaternary nitrogens is 1. The first-order valence-electron chi connectivity index (χ1n) is 10.6. The van der Waals surface area contributed by atoms with Gasteiger partial charge in [0, 0.05) is 5.39 Å². The molecule has 160 valence electrons. The summed E-state index contributed by atoms with van der Waals surface area (Å²) in [5.41, 5.74) is 5.17. The predicted octanol–water partition coefficient (Wildman–Crippen LogP) is 3.13. The van der Waals surface area contributed by atoms with Crippen LogP contribution in [0.1, 0.15) is 35.7 Å². The van der Waals surface area contributed by atoms with Crippen LogP contribution >= 0.6 is 0 Å². The zero-order valence-corrected chi connectivity index (χ0v) is 18.5. The topological polar surface area (TPSA) is 64.5 Å². The summed E-state index contributed by atoms with van der Waals surface area (Å²) in [4.78, 5) is 13.7. The van der Waals surface area contributed by atoms with E-state index in [1.165, 1.54) is 5.56 Å². The summed E-state index contributed by atoms with van der Waals surface area (Å²) in [5.74, 6) is 0.763. The molecule has 2 aromatic carbocycles. The van der Waals surface area contributed by atoms with Gasteiger partial charge < -0.3 is 14.6 Å². The van der Waals surface area contributed by atoms with Crippen LogP contribution in [0.15, 0.2) is 65.1 Å². The third-order valence-electron chi connectivity index (χ3n) is 5.63. The van der Waals surface area contributed by atoms with Gasteiger partial charge in [-0.1, -0.05) is 36.4 Å². The molecule has 6 nitrogen and oxygen atoms in total. The summed E-state index contributed by atoms with van der Waals surface area (Å²) in [5, 5.41) is 8.82. The molecule has 0 aliphatic carbocycles. The number of hydrogen-bond acceptors (Lipinski definition) is 3. The van der Waals surface area contributed by atoms with Gasteiger partial charge in [-0.3, -0.25) is 4.79 Å². The highest BCUT2D eigenvalue weighted by Crippen LogP contribution is 2.23. The average Bonchev–Trinajstić information content (AvgIpc) is 3.31. The number of nitrogens with zero attached hydrogens (tertiary/aromatic N) is 2. The Bertz CT molecular complexity index is 1160. The molecular formula is C25H29N4O2+. The lowest BCUT2D eigenvalue weighted by molar-refractivity contribution is -0.885. The van der Waals surface area contributed by atoms with Crippen molar-refractivity contribution in [2.24, 2.45) is 0 Å². The van der Waals surface area contributed by atoms with Crippen molar-refractivity contribution in [2.45, 2.75) is 33.4 Å². The Morgan fingerprint density at radius 2 is 1.84 bits per heavy atom. The van der Waals surface area contributed by atoms with E-state index < -0.39 is 0 Å². The zero-order valence-electron chi connectivity index (χ0n) is 18.5. The van der Waals surface area contributed by atoms with Gasteiger partial charge in [-0.2, -0.15) is 5.10 Å². The molecule has 4 aromatic rings. The second-order valence-corrected chi connectivity index (χ2v) is 8.18. The van der Waals surface area contributed by atoms with Crippen LogP contribution in [0, 0.1) is 13.8 Å². The molecule has 1 unspecified atom stereocenters. The van der Waals surface area contributed by atoms with E-state index in [9.17, 15) is 4.79 Å². The van der Waals surface area contributed by atoms with Gasteiger partial charge in [-0.05, 0) is 45.0 Å². The Kier molecular flexibility index (Phi) is 5.91. The van der Waals surface area contributed by atoms with Crippen molar-refractivity contribution >= 4 is 16.9 Å². The van der Waals surface area contributed by atoms with E-state index in [4.69, 9.17) is 9.52 Å². The number of hydrogen-bond donors (Lipinski definition) is 2. The second kappa shape index (κ2) is 8.78. The third-order valence-corrected chi connectivity index (χ3v) is 5.63. The highest BCUT2D eigenvalue weighted by Gasteiger charge is 2.20. The molecule has 2 aromatic heterocycles. The van der Waals surface area contributed by atoms with Crippen LogP contribution in [0.3, 0.4) is 0 Å². The zero-order chi connectivity index (χ0) is 22.0. The fraction of sp³-hybridized carbons (Fsp3) is 0.280. The van der Waals surface area contributed by atoms with Crippen molar-refractivity contribution in [2.75, 3.05) is 13.6 Å². The summed E-state index contributed by atoms with van der Waals surface area (Å²) in [6.45, 7) is 7.16. The minimum Gasteiger partial charge on any atom is -0.459 e. The normalized spacial score (nSPS) is 13.3. The Labute approximate surface area is 182 Å². The minimum atomic E-state index is -0.183. The molecule has 4 rings (SSSR count). The largest absolute Gasteiger partial charge is 0.459 e. The Morgan fingerprint density at radius 3 is 2.58 bits per heavy atom. The Balaban J connectivity index is 1.39. The molecule has 0 bridgehead atoms. The number of benzene rings is 2. The van der Waals surface area contributed by atoms with Crippen molar-refractivity contribution in [3.05, 3.63) is 83.4 Å². The van der Waals surface area contributed by atoms with Crippen molar-refractivity contribution in [3.8, 4) is 5.69 Å². The molecule has 0 aliphatic heterocycles. The summed E-state index contributed by atoms with van der Waals surface area (Å²) < 4.78 is 7.85. The summed E-state index contributed by atoms with van der Waals surface area (Å²) in [7, 11) is 2.03. The SMILES string of the molecule is Cc1nn(-c2ccccc2)c(C)c1C[NH+](C)CC(=O)N[C@@H](C)c1cc2ccccc2o1. The standard InChI is InChI=1S/C25H28N4O2/c1-17-22(19(3)29(27-17)21-11-6-5-7-12-21)15-28(4)16-25(30)26-18(2)24-14-20-10-8-9-13-23(20)31-24/h5-14,18H,15-16H2,1-4H3,(H,26,30)/p+1/t18-/m0/s1. The molecule has 2 N–H and O–H groups in total. The second-order valence-electron chi connectivity index (χ2n) is 8.18. The Morgan fingerprint density at radius 1 is 1.13 bits per heavy atom. The molecule has 6 heteroatoms. The van der Waals surface area contributed by atoms with Crippen LogP contribution in [-0.4, -0.2) is 29.3 Å². The molecule has 0 saturated heterocycles. The van der Waals surface area contributed by atoms with Crippen LogP contribution in [0.25, 0.3) is 16.7 Å². The van der Waals surface area contributed by atoms with Gasteiger partial charge in [0.25, 0.3) is 5.91 Å². The number of furan rings is 1. The van der Waals surface area contributed by atoms with Crippen molar-refractivity contribution in [3.63, 3.8) is 0 Å². The van der Waals surface area contributed by atoms with Crippen LogP contribution < -0.4 is 10.2 Å². The van der Waals surface area contributed by atoms with E-state index in [-0.39, 0.29) is 11.9 Å². The number of para-hydroxylation sites is 2. The maximum Gasteiger partial charge on any atom is 0.275 e. The first-order chi connectivity index (χ1) is 14.9. The third kappa shape index (κ3) is 4.54. The molecule has 2 heterocycles. The molecule has 0 aliphatic rings. The summed E-state index contributed by atoms with van der Waals surface area (Å²) in [6.07, 6.45) is 0. The van der Waals surface area contributed by atoms with Crippen LogP contribution in [-0.2, 0) is 11.3 Å². The van der Waals surface area contributed by atoms with E-state index in [0.717, 1.165) is 45.2 Å². The first-order valence-corrected chi connectivity index (χ1v) is 10.6. The van der Waals surface area contributed by atoms with Gasteiger partial charge in [0.05, 0.1) is 35.7 Å². The molecular weight excluding hydrogens is 388 g/mol. The van der Waals surface area contributed by atoms with Crippen molar-refractivity contribution in [1.82, 2.24) is 15.1 Å². The fourth-order valence-electron chi connectivity index (χ4n) is 3.97. The molecule has 31 heavy (non-hydrogen) atoms. The maximum absolute atomic E-state index is 12.6. The number of carbonyl (C=O) groups excluding carboxylic acids is 1. The molecule has 2 atom stereocenters. The number of aromatic nitrogens is 2. The van der Waals surface area contributed by atoms with Crippen molar-refractivity contribution in [1.29, 1.82) is 0 Å². The summed E-state index contributed by atoms with van der Waals surface area (Å²) in [6, 6.07) is 19.8. The monoisotopic (exact) mass is 417 g/mol. The highest BCUT2D eigenvalue weighted by molar-refractivity contribution is 5.79. The highest BCUT2D eigenvalue weighted by atomic mass is 16.3. The van der Waals surface area contributed by atoms with Gasteiger partial charge in [-0.25, -0.2) is 4.68 Å². The Hall–Kier alpha value is -3.38. The van der Waals surface area contributed by atoms with Crippen molar-refractivity contribution < 1.29 is 14.1 Å². The molecule has 1 amide bonds. The van der Waals surface area contributed by atoms with Crippen LogP contribution in [0.5, 0.6) is 0 Å². The van der Waals surface area contributed by atoms with Gasteiger partial charge in [-0.15, -0.1) is 0 Å². The number of likely N-dealkylation sites (N-methyl/N-ethyl adjacent to an activating group) is 1. The fourth-order valence-corrected chi connectivity index (χ4v) is 3.97. The van der Waals surface area contributed by atoms with Crippen LogP contribution in [0.2, 0.25) is 0 Å².